The minimum Gasteiger partial charge on any atom is -0.456 e. The third-order valence-corrected chi connectivity index (χ3v) is 13.8. The Bertz CT molecular complexity index is 2050. The zero-order chi connectivity index (χ0) is 45.7. The van der Waals surface area contributed by atoms with E-state index in [4.69, 9.17) is 28.4 Å². The average molecular weight is 864 g/mol. The predicted molar refractivity (Wildman–Crippen MR) is 222 cm³/mol. The molecule has 2 aromatic carbocycles. The second-order valence-corrected chi connectivity index (χ2v) is 19.1. The molecule has 13 atom stereocenters. The van der Waals surface area contributed by atoms with Crippen LogP contribution in [0.25, 0.3) is 0 Å². The second kappa shape index (κ2) is 17.1. The second-order valence-electron chi connectivity index (χ2n) is 19.1. The number of aliphatic hydroxyl groups excluding tert-OH is 2. The van der Waals surface area contributed by atoms with Gasteiger partial charge < -0.3 is 53.9 Å². The van der Waals surface area contributed by atoms with Crippen LogP contribution in [0.1, 0.15) is 104 Å². The number of rotatable bonds is 11. The number of hydrogen-bond donors (Lipinski definition) is 4. The van der Waals surface area contributed by atoms with Crippen molar-refractivity contribution in [3.63, 3.8) is 0 Å². The highest BCUT2D eigenvalue weighted by Gasteiger charge is 2.77. The van der Waals surface area contributed by atoms with Gasteiger partial charge in [0.15, 0.2) is 11.7 Å². The van der Waals surface area contributed by atoms with Crippen molar-refractivity contribution >= 4 is 30.3 Å². The molecule has 2 bridgehead atoms. The Morgan fingerprint density at radius 2 is 1.60 bits per heavy atom. The van der Waals surface area contributed by atoms with Crippen LogP contribution in [0.3, 0.4) is 0 Å². The zero-order valence-corrected chi connectivity index (χ0v) is 37.1. The molecule has 62 heavy (non-hydrogen) atoms. The molecule has 1 aliphatic heterocycles. The molecule has 4 aliphatic rings. The van der Waals surface area contributed by atoms with E-state index in [1.165, 1.54) is 6.92 Å². The lowest BCUT2D eigenvalue weighted by molar-refractivity contribution is -0.361. The van der Waals surface area contributed by atoms with Gasteiger partial charge in [-0.15, -0.1) is 0 Å². The number of amides is 1. The van der Waals surface area contributed by atoms with Crippen LogP contribution in [0.15, 0.2) is 71.8 Å². The monoisotopic (exact) mass is 863 g/mol. The Morgan fingerprint density at radius 3 is 2.15 bits per heavy atom. The molecular formula is C47H61NO14. The van der Waals surface area contributed by atoms with Crippen LogP contribution in [0.5, 0.6) is 0 Å². The Hall–Kier alpha value is -4.67. The molecule has 15 nitrogen and oxygen atoms in total. The van der Waals surface area contributed by atoms with Crippen LogP contribution in [0, 0.1) is 22.7 Å². The molecular weight excluding hydrogens is 803 g/mol. The van der Waals surface area contributed by atoms with Crippen LogP contribution in [-0.2, 0) is 42.8 Å². The topological polar surface area (TPSA) is 213 Å². The maximum absolute atomic E-state index is 14.4. The van der Waals surface area contributed by atoms with E-state index < -0.39 is 119 Å². The fourth-order valence-electron chi connectivity index (χ4n) is 10.5. The van der Waals surface area contributed by atoms with Gasteiger partial charge in [-0.3, -0.25) is 4.79 Å². The standard InChI is InChI=1S/C47H61NO14/c1-25(23-49)58-37-27(3)45(10)32(51)21-33-46(24-57-33,61-28(4)50)38(45)39(60-40(53)30-19-15-12-16-20-30)47(56)22-31(26(2)34(37)44(47,8)9)59-41(54)36(52)35(29-17-13-11-14-18-29)48-42(55)62-43(5,6)7/h11-20,23,25,27,31-33,35-39,51-52,56H,21-22,24H2,1-10H3,(H,48,55)/t25?,27?,31-,32-,33?,35-,36+,37-,38-,39-,45+,46-,47+/m0/s1. The number of aldehydes is 1. The van der Waals surface area contributed by atoms with Gasteiger partial charge in [-0.1, -0.05) is 76.2 Å². The SMILES string of the molecule is CC(=O)O[C@@]12COC1C[C@H](O)[C@@]1(C)C(C)[C@H](OC(C)C=O)C3=C(C)[C@@H](OC(=O)[C@H](O)[C@@H](NC(=O)OC(C)(C)C)c4ccccc4)C[C@@](O)([C@@H](OC(=O)c4ccccc4)[C@@H]12)C3(C)C. The lowest BCUT2D eigenvalue weighted by atomic mass is 9.42. The molecule has 2 saturated carbocycles. The van der Waals surface area contributed by atoms with Crippen molar-refractivity contribution in [1.82, 2.24) is 5.32 Å². The van der Waals surface area contributed by atoms with Crippen LogP contribution in [0.4, 0.5) is 4.79 Å². The molecule has 1 amide bonds. The van der Waals surface area contributed by atoms with Crippen LogP contribution in [0.2, 0.25) is 0 Å². The molecule has 2 aromatic rings. The maximum Gasteiger partial charge on any atom is 0.408 e. The summed E-state index contributed by atoms with van der Waals surface area (Å²) < 4.78 is 37.1. The van der Waals surface area contributed by atoms with E-state index in [2.05, 4.69) is 5.32 Å². The average Bonchev–Trinajstić information content (AvgIpc) is 3.20. The number of esters is 3. The molecule has 3 aliphatic carbocycles. The highest BCUT2D eigenvalue weighted by Crippen LogP contribution is 2.66. The predicted octanol–water partition coefficient (Wildman–Crippen LogP) is 4.94. The van der Waals surface area contributed by atoms with E-state index in [-0.39, 0.29) is 18.6 Å². The molecule has 1 saturated heterocycles. The number of ether oxygens (including phenoxy) is 6. The number of fused-ring (bicyclic) bond motifs is 5. The molecule has 6 rings (SSSR count). The molecule has 0 spiro atoms. The molecule has 3 unspecified atom stereocenters. The van der Waals surface area contributed by atoms with Gasteiger partial charge in [0.1, 0.15) is 41.9 Å². The van der Waals surface area contributed by atoms with Gasteiger partial charge in [-0.25, -0.2) is 14.4 Å². The van der Waals surface area contributed by atoms with Crippen molar-refractivity contribution in [1.29, 1.82) is 0 Å². The van der Waals surface area contributed by atoms with Gasteiger partial charge in [0.05, 0.1) is 36.3 Å². The number of alkyl carbamates (subject to hydrolysis) is 1. The van der Waals surface area contributed by atoms with E-state index in [0.717, 1.165) is 0 Å². The summed E-state index contributed by atoms with van der Waals surface area (Å²) in [6.45, 7) is 16.4. The van der Waals surface area contributed by atoms with Crippen molar-refractivity contribution < 1.29 is 67.7 Å². The summed E-state index contributed by atoms with van der Waals surface area (Å²) in [5, 5.41) is 40.5. The van der Waals surface area contributed by atoms with Crippen molar-refractivity contribution in [2.75, 3.05) is 6.61 Å². The summed E-state index contributed by atoms with van der Waals surface area (Å²) in [5.41, 5.74) is -6.10. The van der Waals surface area contributed by atoms with Gasteiger partial charge in [0.25, 0.3) is 0 Å². The first-order chi connectivity index (χ1) is 28.9. The van der Waals surface area contributed by atoms with E-state index in [1.54, 1.807) is 116 Å². The van der Waals surface area contributed by atoms with Crippen LogP contribution < -0.4 is 5.32 Å². The normalized spacial score (nSPS) is 33.9. The van der Waals surface area contributed by atoms with E-state index in [9.17, 15) is 39.3 Å². The first-order valence-corrected chi connectivity index (χ1v) is 21.2. The molecule has 0 radical (unpaired) electrons. The smallest absolute Gasteiger partial charge is 0.408 e. The highest BCUT2D eigenvalue weighted by atomic mass is 16.6. The quantitative estimate of drug-likeness (QED) is 0.102. The fraction of sp³-hybridized carbons (Fsp3) is 0.596. The minimum absolute atomic E-state index is 0.0256. The van der Waals surface area contributed by atoms with Gasteiger partial charge in [-0.05, 0) is 69.4 Å². The third-order valence-electron chi connectivity index (χ3n) is 13.8. The van der Waals surface area contributed by atoms with Crippen molar-refractivity contribution in [2.45, 2.75) is 148 Å². The lowest BCUT2D eigenvalue weighted by Gasteiger charge is -2.69. The van der Waals surface area contributed by atoms with Gasteiger partial charge in [-0.2, -0.15) is 0 Å². The molecule has 3 fully saturated rings. The summed E-state index contributed by atoms with van der Waals surface area (Å²) in [4.78, 5) is 67.2. The molecule has 4 N–H and O–H groups in total. The maximum atomic E-state index is 14.4. The van der Waals surface area contributed by atoms with Crippen molar-refractivity contribution in [3.05, 3.63) is 82.9 Å². The fourth-order valence-corrected chi connectivity index (χ4v) is 10.5. The number of nitrogens with one attached hydrogen (secondary N) is 1. The number of hydrogen-bond acceptors (Lipinski definition) is 14. The largest absolute Gasteiger partial charge is 0.456 e. The lowest BCUT2D eigenvalue weighted by Crippen LogP contribution is -2.81. The Labute approximate surface area is 362 Å². The Morgan fingerprint density at radius 1 is 0.984 bits per heavy atom. The number of carbonyl (C=O) groups excluding carboxylic acids is 5. The number of aliphatic hydroxyl groups is 3. The number of benzene rings is 2. The molecule has 1 heterocycles. The minimum atomic E-state index is -2.22. The van der Waals surface area contributed by atoms with E-state index >= 15 is 0 Å². The van der Waals surface area contributed by atoms with Gasteiger partial charge in [0, 0.05) is 30.6 Å². The van der Waals surface area contributed by atoms with Crippen molar-refractivity contribution in [3.8, 4) is 0 Å². The first kappa shape index (κ1) is 46.8. The van der Waals surface area contributed by atoms with Gasteiger partial charge in [0.2, 0.25) is 0 Å². The summed E-state index contributed by atoms with van der Waals surface area (Å²) in [5.74, 6) is -4.60. The summed E-state index contributed by atoms with van der Waals surface area (Å²) in [6, 6.07) is 15.1. The number of carbonyl (C=O) groups is 5. The summed E-state index contributed by atoms with van der Waals surface area (Å²) in [7, 11) is 0. The third kappa shape index (κ3) is 8.18. The summed E-state index contributed by atoms with van der Waals surface area (Å²) in [6.07, 6.45) is -9.72. The van der Waals surface area contributed by atoms with Crippen LogP contribution >= 0.6 is 0 Å². The highest BCUT2D eigenvalue weighted by molar-refractivity contribution is 5.89. The molecule has 0 aromatic heterocycles. The Kier molecular flexibility index (Phi) is 12.9. The molecule has 338 valence electrons. The van der Waals surface area contributed by atoms with E-state index in [1.807, 2.05) is 6.92 Å². The van der Waals surface area contributed by atoms with Gasteiger partial charge >= 0.3 is 24.0 Å². The first-order valence-electron chi connectivity index (χ1n) is 21.2. The van der Waals surface area contributed by atoms with Crippen LogP contribution in [-0.4, -0.2) is 112 Å². The summed E-state index contributed by atoms with van der Waals surface area (Å²) >= 11 is 0. The van der Waals surface area contributed by atoms with E-state index in [0.29, 0.717) is 23.0 Å². The molecule has 15 heteroatoms. The Balaban J connectivity index is 1.54. The zero-order valence-electron chi connectivity index (χ0n) is 37.1. The van der Waals surface area contributed by atoms with Crippen molar-refractivity contribution in [2.24, 2.45) is 22.7 Å².